The average molecular weight is 186 g/mol. The van der Waals surface area contributed by atoms with Gasteiger partial charge in [-0.25, -0.2) is 0 Å². The van der Waals surface area contributed by atoms with E-state index in [4.69, 9.17) is 4.12 Å². The highest BCUT2D eigenvalue weighted by Gasteiger charge is 2.18. The maximum absolute atomic E-state index is 5.62. The fourth-order valence-corrected chi connectivity index (χ4v) is 2.99. The van der Waals surface area contributed by atoms with E-state index in [0.717, 1.165) is 0 Å². The van der Waals surface area contributed by atoms with Crippen molar-refractivity contribution in [2.75, 3.05) is 0 Å². The first kappa shape index (κ1) is 11.4. The molecule has 0 spiro atoms. The smallest absolute Gasteiger partial charge is 0.221 e. The van der Waals surface area contributed by atoms with Crippen molar-refractivity contribution < 1.29 is 4.12 Å². The monoisotopic (exact) mass is 186 g/mol. The van der Waals surface area contributed by atoms with Crippen molar-refractivity contribution in [1.82, 2.24) is 0 Å². The quantitative estimate of drug-likeness (QED) is 0.603. The summed E-state index contributed by atoms with van der Waals surface area (Å²) in [4.78, 5) is 0. The molecule has 0 saturated heterocycles. The lowest BCUT2D eigenvalue weighted by molar-refractivity contribution is 0.536. The van der Waals surface area contributed by atoms with Gasteiger partial charge in [-0.2, -0.15) is 0 Å². The van der Waals surface area contributed by atoms with Gasteiger partial charge in [0.25, 0.3) is 0 Å². The predicted octanol–water partition coefficient (Wildman–Crippen LogP) is 2.68. The summed E-state index contributed by atoms with van der Waals surface area (Å²) >= 11 is 0. The summed E-state index contributed by atoms with van der Waals surface area (Å²) in [5.74, 6) is 0. The van der Waals surface area contributed by atoms with E-state index in [2.05, 4.69) is 41.5 Å². The Morgan fingerprint density at radius 1 is 0.727 bits per heavy atom. The molecule has 0 bridgehead atoms. The largest absolute Gasteiger partial charge is 0.456 e. The Labute approximate surface area is 75.8 Å². The van der Waals surface area contributed by atoms with Gasteiger partial charge in [0.2, 0.25) is 19.5 Å². The highest BCUT2D eigenvalue weighted by molar-refractivity contribution is 6.46. The maximum Gasteiger partial charge on any atom is 0.221 e. The fraction of sp³-hybridized carbons (Fsp3) is 1.00. The molecular formula is C8H18OSi2. The Morgan fingerprint density at radius 3 is 1.18 bits per heavy atom. The average Bonchev–Trinajstić information content (AvgIpc) is 1.55. The summed E-state index contributed by atoms with van der Waals surface area (Å²) in [6.07, 6.45) is 0. The molecule has 0 heterocycles. The van der Waals surface area contributed by atoms with Gasteiger partial charge in [-0.1, -0.05) is 41.5 Å². The van der Waals surface area contributed by atoms with Gasteiger partial charge in [0.05, 0.1) is 0 Å². The molecule has 0 aliphatic carbocycles. The summed E-state index contributed by atoms with van der Waals surface area (Å²) < 4.78 is 5.62. The van der Waals surface area contributed by atoms with E-state index in [0.29, 0.717) is 29.6 Å². The maximum atomic E-state index is 5.62. The van der Waals surface area contributed by atoms with Gasteiger partial charge in [-0.3, -0.25) is 0 Å². The molecule has 0 fully saturated rings. The van der Waals surface area contributed by atoms with E-state index in [1.807, 2.05) is 0 Å². The second-order valence-corrected chi connectivity index (χ2v) is 9.03. The second-order valence-electron chi connectivity index (χ2n) is 4.81. The van der Waals surface area contributed by atoms with Crippen LogP contribution >= 0.6 is 0 Å². The summed E-state index contributed by atoms with van der Waals surface area (Å²) in [6, 6.07) is 0. The van der Waals surface area contributed by atoms with Crippen molar-refractivity contribution >= 4 is 19.5 Å². The van der Waals surface area contributed by atoms with E-state index in [9.17, 15) is 0 Å². The minimum Gasteiger partial charge on any atom is -0.456 e. The molecule has 3 heteroatoms. The van der Waals surface area contributed by atoms with E-state index >= 15 is 0 Å². The van der Waals surface area contributed by atoms with Crippen LogP contribution in [0, 0.1) is 0 Å². The molecule has 0 aliphatic heterocycles. The lowest BCUT2D eigenvalue weighted by Gasteiger charge is -2.20. The molecule has 1 nitrogen and oxygen atoms in total. The van der Waals surface area contributed by atoms with Gasteiger partial charge in [0.1, 0.15) is 0 Å². The van der Waals surface area contributed by atoms with Crippen LogP contribution in [-0.2, 0) is 4.12 Å². The van der Waals surface area contributed by atoms with Crippen LogP contribution in [0.15, 0.2) is 0 Å². The molecule has 0 unspecified atom stereocenters. The van der Waals surface area contributed by atoms with Crippen molar-refractivity contribution in [2.45, 2.75) is 51.6 Å². The predicted molar refractivity (Wildman–Crippen MR) is 52.0 cm³/mol. The van der Waals surface area contributed by atoms with Gasteiger partial charge in [0, 0.05) is 0 Å². The summed E-state index contributed by atoms with van der Waals surface area (Å²) in [6.45, 7) is 13.2. The Balaban J connectivity index is 3.44. The standard InChI is InChI=1S/C8H18OSi2/c1-7(2,3)10-9-11-8(4,5)6/h1-6H3. The molecule has 64 valence electrons. The zero-order chi connectivity index (χ0) is 9.12. The van der Waals surface area contributed by atoms with Crippen LogP contribution < -0.4 is 0 Å². The van der Waals surface area contributed by atoms with E-state index in [-0.39, 0.29) is 0 Å². The lowest BCUT2D eigenvalue weighted by Crippen LogP contribution is -2.20. The summed E-state index contributed by atoms with van der Waals surface area (Å²) in [5.41, 5.74) is 0. The Kier molecular flexibility index (Phi) is 4.01. The van der Waals surface area contributed by atoms with Crippen molar-refractivity contribution in [3.63, 3.8) is 0 Å². The van der Waals surface area contributed by atoms with Crippen LogP contribution in [0.25, 0.3) is 0 Å². The molecule has 0 N–H and O–H groups in total. The minimum atomic E-state index is 0.332. The van der Waals surface area contributed by atoms with Crippen molar-refractivity contribution in [1.29, 1.82) is 0 Å². The van der Waals surface area contributed by atoms with Crippen LogP contribution in [-0.4, -0.2) is 19.5 Å². The molecule has 0 amide bonds. The first-order chi connectivity index (χ1) is 4.71. The SMILES string of the molecule is CC(C)(C)[Si]O[Si]C(C)(C)C. The van der Waals surface area contributed by atoms with Gasteiger partial charge in [0.15, 0.2) is 0 Å². The number of hydrogen-bond donors (Lipinski definition) is 0. The van der Waals surface area contributed by atoms with Gasteiger partial charge in [-0.05, 0) is 10.1 Å². The molecule has 11 heavy (non-hydrogen) atoms. The molecule has 4 radical (unpaired) electrons. The van der Waals surface area contributed by atoms with E-state index < -0.39 is 0 Å². The third-order valence-corrected chi connectivity index (χ3v) is 2.76. The van der Waals surface area contributed by atoms with Gasteiger partial charge >= 0.3 is 0 Å². The third kappa shape index (κ3) is 10.4. The molecule has 0 aliphatic rings. The Morgan fingerprint density at radius 2 is 1.00 bits per heavy atom. The van der Waals surface area contributed by atoms with Gasteiger partial charge < -0.3 is 4.12 Å². The normalized spacial score (nSPS) is 13.6. The topological polar surface area (TPSA) is 9.23 Å². The minimum absolute atomic E-state index is 0.332. The molecule has 0 rings (SSSR count). The first-order valence-electron chi connectivity index (χ1n) is 3.91. The summed E-state index contributed by atoms with van der Waals surface area (Å²) in [7, 11) is 1.25. The zero-order valence-electron chi connectivity index (χ0n) is 8.41. The van der Waals surface area contributed by atoms with Gasteiger partial charge in [-0.15, -0.1) is 0 Å². The summed E-state index contributed by atoms with van der Waals surface area (Å²) in [5, 5.41) is 0.663. The third-order valence-electron chi connectivity index (χ3n) is 0.714. The Bertz CT molecular complexity index is 96.2. The number of rotatable bonds is 2. The molecule has 0 saturated carbocycles. The van der Waals surface area contributed by atoms with Crippen LogP contribution in [0.5, 0.6) is 0 Å². The van der Waals surface area contributed by atoms with Crippen LogP contribution in [0.1, 0.15) is 41.5 Å². The van der Waals surface area contributed by atoms with E-state index in [1.54, 1.807) is 0 Å². The fourth-order valence-electron chi connectivity index (χ4n) is 0.332. The van der Waals surface area contributed by atoms with Crippen molar-refractivity contribution in [3.05, 3.63) is 0 Å². The Hall–Kier alpha value is 0.394. The molecular weight excluding hydrogens is 168 g/mol. The second kappa shape index (κ2) is 3.87. The zero-order valence-corrected chi connectivity index (χ0v) is 10.4. The van der Waals surface area contributed by atoms with E-state index in [1.165, 1.54) is 0 Å². The lowest BCUT2D eigenvalue weighted by atomic mass is 10.3. The molecule has 0 aromatic rings. The molecule has 0 aromatic carbocycles. The molecule has 0 aromatic heterocycles. The highest BCUT2D eigenvalue weighted by atomic mass is 28.3. The van der Waals surface area contributed by atoms with Crippen LogP contribution in [0.4, 0.5) is 0 Å². The van der Waals surface area contributed by atoms with Crippen molar-refractivity contribution in [3.8, 4) is 0 Å². The highest BCUT2D eigenvalue weighted by Crippen LogP contribution is 2.24. The molecule has 0 atom stereocenters. The van der Waals surface area contributed by atoms with Crippen LogP contribution in [0.2, 0.25) is 10.1 Å². The van der Waals surface area contributed by atoms with Crippen LogP contribution in [0.3, 0.4) is 0 Å². The first-order valence-corrected chi connectivity index (χ1v) is 5.72. The number of hydrogen-bond acceptors (Lipinski definition) is 1. The van der Waals surface area contributed by atoms with Crippen molar-refractivity contribution in [2.24, 2.45) is 0 Å².